The van der Waals surface area contributed by atoms with Gasteiger partial charge in [-0.3, -0.25) is 0 Å². The highest BCUT2D eigenvalue weighted by Crippen LogP contribution is 2.34. The third-order valence-corrected chi connectivity index (χ3v) is 5.03. The molecule has 0 spiro atoms. The molecule has 0 amide bonds. The maximum atomic E-state index is 5.36. The number of nitrogens with one attached hydrogen (secondary N) is 1. The summed E-state index contributed by atoms with van der Waals surface area (Å²) in [5.74, 6) is 2.74. The predicted octanol–water partition coefficient (Wildman–Crippen LogP) is 4.43. The summed E-state index contributed by atoms with van der Waals surface area (Å²) in [6.07, 6.45) is 8.09. The standard InChI is InChI=1S/C19H31NO/c1-4-15-8-6-10-17(12-15)19(20-5-2)14-16-9-7-11-18(13-16)21-3/h7,9,11,13,15,17,19-20H,4-6,8,10,12,14H2,1-3H3. The zero-order chi connectivity index (χ0) is 15.1. The summed E-state index contributed by atoms with van der Waals surface area (Å²) in [5.41, 5.74) is 1.39. The summed E-state index contributed by atoms with van der Waals surface area (Å²) in [6, 6.07) is 9.15. The number of methoxy groups -OCH3 is 1. The Bertz CT molecular complexity index is 418. The van der Waals surface area contributed by atoms with Crippen molar-refractivity contribution in [1.82, 2.24) is 5.32 Å². The molecule has 3 unspecified atom stereocenters. The van der Waals surface area contributed by atoms with E-state index in [9.17, 15) is 0 Å². The Kier molecular flexibility index (Phi) is 6.56. The molecule has 1 aromatic carbocycles. The lowest BCUT2D eigenvalue weighted by atomic mass is 9.75. The van der Waals surface area contributed by atoms with Crippen LogP contribution in [0.25, 0.3) is 0 Å². The van der Waals surface area contributed by atoms with E-state index in [-0.39, 0.29) is 0 Å². The van der Waals surface area contributed by atoms with Gasteiger partial charge in [-0.1, -0.05) is 45.2 Å². The molecule has 0 heterocycles. The lowest BCUT2D eigenvalue weighted by molar-refractivity contribution is 0.208. The second kappa shape index (κ2) is 8.43. The Balaban J connectivity index is 2.03. The summed E-state index contributed by atoms with van der Waals surface area (Å²) in [5, 5.41) is 3.74. The average molecular weight is 289 g/mol. The van der Waals surface area contributed by atoms with Crippen LogP contribution in [0.4, 0.5) is 0 Å². The van der Waals surface area contributed by atoms with Gasteiger partial charge < -0.3 is 10.1 Å². The van der Waals surface area contributed by atoms with Crippen molar-refractivity contribution >= 4 is 0 Å². The average Bonchev–Trinajstić information content (AvgIpc) is 2.54. The van der Waals surface area contributed by atoms with E-state index in [1.807, 2.05) is 6.07 Å². The molecule has 118 valence electrons. The van der Waals surface area contributed by atoms with E-state index in [4.69, 9.17) is 4.74 Å². The molecule has 1 fully saturated rings. The van der Waals surface area contributed by atoms with Gasteiger partial charge in [0.05, 0.1) is 7.11 Å². The van der Waals surface area contributed by atoms with E-state index in [1.54, 1.807) is 7.11 Å². The maximum absolute atomic E-state index is 5.36. The van der Waals surface area contributed by atoms with E-state index in [1.165, 1.54) is 37.7 Å². The van der Waals surface area contributed by atoms with E-state index in [0.717, 1.165) is 30.6 Å². The van der Waals surface area contributed by atoms with Crippen LogP contribution in [0.15, 0.2) is 24.3 Å². The minimum Gasteiger partial charge on any atom is -0.497 e. The van der Waals surface area contributed by atoms with E-state index >= 15 is 0 Å². The Labute approximate surface area is 130 Å². The number of likely N-dealkylation sites (N-methyl/N-ethyl adjacent to an activating group) is 1. The van der Waals surface area contributed by atoms with Gasteiger partial charge in [0, 0.05) is 6.04 Å². The molecule has 0 bridgehead atoms. The maximum Gasteiger partial charge on any atom is 0.119 e. The first-order valence-electron chi connectivity index (χ1n) is 8.63. The van der Waals surface area contributed by atoms with Crippen LogP contribution >= 0.6 is 0 Å². The van der Waals surface area contributed by atoms with Crippen molar-refractivity contribution in [3.05, 3.63) is 29.8 Å². The van der Waals surface area contributed by atoms with Gasteiger partial charge in [0.25, 0.3) is 0 Å². The fraction of sp³-hybridized carbons (Fsp3) is 0.684. The van der Waals surface area contributed by atoms with Crippen molar-refractivity contribution in [2.45, 2.75) is 58.4 Å². The van der Waals surface area contributed by atoms with Crippen LogP contribution in [-0.4, -0.2) is 19.7 Å². The number of ether oxygens (including phenoxy) is 1. The van der Waals surface area contributed by atoms with Crippen LogP contribution in [0.3, 0.4) is 0 Å². The molecule has 0 radical (unpaired) electrons. The molecule has 0 saturated heterocycles. The molecule has 0 aromatic heterocycles. The topological polar surface area (TPSA) is 21.3 Å². The number of benzene rings is 1. The van der Waals surface area contributed by atoms with Crippen LogP contribution in [0.1, 0.15) is 51.5 Å². The van der Waals surface area contributed by atoms with Gasteiger partial charge in [0.15, 0.2) is 0 Å². The molecule has 21 heavy (non-hydrogen) atoms. The van der Waals surface area contributed by atoms with Gasteiger partial charge in [0.2, 0.25) is 0 Å². The summed E-state index contributed by atoms with van der Waals surface area (Å²) in [6.45, 7) is 5.62. The van der Waals surface area contributed by atoms with Crippen LogP contribution in [0.2, 0.25) is 0 Å². The first-order valence-corrected chi connectivity index (χ1v) is 8.63. The Morgan fingerprint density at radius 1 is 1.29 bits per heavy atom. The van der Waals surface area contributed by atoms with Crippen molar-refractivity contribution in [1.29, 1.82) is 0 Å². The van der Waals surface area contributed by atoms with Crippen LogP contribution < -0.4 is 10.1 Å². The zero-order valence-electron chi connectivity index (χ0n) is 13.9. The fourth-order valence-electron chi connectivity index (χ4n) is 3.79. The highest BCUT2D eigenvalue weighted by molar-refractivity contribution is 5.29. The highest BCUT2D eigenvalue weighted by Gasteiger charge is 2.27. The molecule has 1 aromatic rings. The number of hydrogen-bond acceptors (Lipinski definition) is 2. The van der Waals surface area contributed by atoms with Crippen molar-refractivity contribution in [2.24, 2.45) is 11.8 Å². The molecule has 1 N–H and O–H groups in total. The third kappa shape index (κ3) is 4.74. The minimum absolute atomic E-state index is 0.608. The van der Waals surface area contributed by atoms with E-state index in [2.05, 4.69) is 37.4 Å². The van der Waals surface area contributed by atoms with Crippen molar-refractivity contribution in [2.75, 3.05) is 13.7 Å². The number of hydrogen-bond donors (Lipinski definition) is 1. The van der Waals surface area contributed by atoms with Gasteiger partial charge in [0.1, 0.15) is 5.75 Å². The lowest BCUT2D eigenvalue weighted by Gasteiger charge is -2.35. The summed E-state index contributed by atoms with van der Waals surface area (Å²) in [4.78, 5) is 0. The van der Waals surface area contributed by atoms with Gasteiger partial charge in [-0.25, -0.2) is 0 Å². The first kappa shape index (κ1) is 16.4. The van der Waals surface area contributed by atoms with Crippen molar-refractivity contribution in [3.8, 4) is 5.75 Å². The van der Waals surface area contributed by atoms with E-state index in [0.29, 0.717) is 6.04 Å². The molecular formula is C19H31NO. The van der Waals surface area contributed by atoms with Crippen molar-refractivity contribution < 1.29 is 4.74 Å². The first-order chi connectivity index (χ1) is 10.3. The van der Waals surface area contributed by atoms with E-state index < -0.39 is 0 Å². The molecule has 0 aliphatic heterocycles. The van der Waals surface area contributed by atoms with Gasteiger partial charge in [-0.15, -0.1) is 0 Å². The molecule has 1 saturated carbocycles. The quantitative estimate of drug-likeness (QED) is 0.801. The Hall–Kier alpha value is -1.02. The lowest BCUT2D eigenvalue weighted by Crippen LogP contribution is -2.40. The molecular weight excluding hydrogens is 258 g/mol. The second-order valence-corrected chi connectivity index (χ2v) is 6.42. The smallest absolute Gasteiger partial charge is 0.119 e. The molecule has 1 aliphatic rings. The predicted molar refractivity (Wildman–Crippen MR) is 89.9 cm³/mol. The van der Waals surface area contributed by atoms with Gasteiger partial charge in [-0.2, -0.15) is 0 Å². The van der Waals surface area contributed by atoms with Crippen LogP contribution in [0, 0.1) is 11.8 Å². The largest absolute Gasteiger partial charge is 0.497 e. The molecule has 3 atom stereocenters. The monoisotopic (exact) mass is 289 g/mol. The molecule has 2 rings (SSSR count). The molecule has 2 heteroatoms. The fourth-order valence-corrected chi connectivity index (χ4v) is 3.79. The zero-order valence-corrected chi connectivity index (χ0v) is 13.9. The summed E-state index contributed by atoms with van der Waals surface area (Å²) < 4.78 is 5.36. The van der Waals surface area contributed by atoms with Gasteiger partial charge >= 0.3 is 0 Å². The summed E-state index contributed by atoms with van der Waals surface area (Å²) >= 11 is 0. The van der Waals surface area contributed by atoms with Gasteiger partial charge in [-0.05, 0) is 55.3 Å². The van der Waals surface area contributed by atoms with Crippen LogP contribution in [-0.2, 0) is 6.42 Å². The third-order valence-electron chi connectivity index (χ3n) is 5.03. The minimum atomic E-state index is 0.608. The molecule has 2 nitrogen and oxygen atoms in total. The Morgan fingerprint density at radius 3 is 2.86 bits per heavy atom. The van der Waals surface area contributed by atoms with Crippen molar-refractivity contribution in [3.63, 3.8) is 0 Å². The number of rotatable bonds is 7. The van der Waals surface area contributed by atoms with Crippen LogP contribution in [0.5, 0.6) is 5.75 Å². The highest BCUT2D eigenvalue weighted by atomic mass is 16.5. The normalized spacial score (nSPS) is 23.8. The SMILES string of the molecule is CCNC(Cc1cccc(OC)c1)C1CCCC(CC)C1. The summed E-state index contributed by atoms with van der Waals surface area (Å²) in [7, 11) is 1.74. The Morgan fingerprint density at radius 2 is 2.14 bits per heavy atom. The molecule has 1 aliphatic carbocycles. The second-order valence-electron chi connectivity index (χ2n) is 6.42.